The Balaban J connectivity index is 0.000000960. The Morgan fingerprint density at radius 3 is 2.45 bits per heavy atom. The minimum absolute atomic E-state index is 0.157. The Kier molecular flexibility index (Phi) is 9.51. The molecule has 1 aromatic heterocycles. The largest absolute Gasteiger partial charge is 0.505 e. The number of furan rings is 1. The van der Waals surface area contributed by atoms with E-state index in [1.54, 1.807) is 25.1 Å². The summed E-state index contributed by atoms with van der Waals surface area (Å²) in [5, 5.41) is 15.8. The molecule has 0 bridgehead atoms. The molecule has 2 aromatic rings. The molecule has 2 rings (SSSR count). The molecular formula is C22H32N4O3. The van der Waals surface area contributed by atoms with Crippen LogP contribution >= 0.6 is 0 Å². The minimum atomic E-state index is -0.377. The van der Waals surface area contributed by atoms with Gasteiger partial charge in [0.15, 0.2) is 5.75 Å². The maximum Gasteiger partial charge on any atom is 0.254 e. The first-order valence-corrected chi connectivity index (χ1v) is 9.52. The zero-order valence-corrected chi connectivity index (χ0v) is 18.0. The molecule has 7 nitrogen and oxygen atoms in total. The number of aryl methyl sites for hydroxylation is 1. The van der Waals surface area contributed by atoms with Crippen LogP contribution in [0.25, 0.3) is 0 Å². The lowest BCUT2D eigenvalue weighted by Crippen LogP contribution is -2.21. The Morgan fingerprint density at radius 2 is 1.93 bits per heavy atom. The lowest BCUT2D eigenvalue weighted by molar-refractivity contribution is 0.0960. The number of allylic oxidation sites excluding steroid dienone is 1. The van der Waals surface area contributed by atoms with E-state index in [-0.39, 0.29) is 23.1 Å². The van der Waals surface area contributed by atoms with Gasteiger partial charge in [-0.25, -0.2) is 0 Å². The molecule has 1 amide bonds. The van der Waals surface area contributed by atoms with Crippen molar-refractivity contribution in [3.05, 3.63) is 59.2 Å². The number of benzene rings is 1. The molecule has 0 saturated heterocycles. The van der Waals surface area contributed by atoms with Gasteiger partial charge in [-0.3, -0.25) is 9.79 Å². The highest BCUT2D eigenvalue weighted by Crippen LogP contribution is 2.28. The summed E-state index contributed by atoms with van der Waals surface area (Å²) in [6, 6.07) is 8.55. The normalized spacial score (nSPS) is 11.7. The molecule has 5 N–H and O–H groups in total. The molecule has 0 spiro atoms. The van der Waals surface area contributed by atoms with E-state index in [0.717, 1.165) is 11.7 Å². The zero-order chi connectivity index (χ0) is 22.0. The van der Waals surface area contributed by atoms with Crippen LogP contribution in [-0.4, -0.2) is 23.9 Å². The fourth-order valence-electron chi connectivity index (χ4n) is 2.21. The highest BCUT2D eigenvalue weighted by Gasteiger charge is 2.14. The van der Waals surface area contributed by atoms with E-state index in [9.17, 15) is 9.90 Å². The smallest absolute Gasteiger partial charge is 0.254 e. The van der Waals surface area contributed by atoms with Crippen LogP contribution in [0.4, 0.5) is 5.69 Å². The van der Waals surface area contributed by atoms with Gasteiger partial charge in [0.2, 0.25) is 0 Å². The SMILES string of the molecule is C/C=C(/Nc1cccc(C(=O)NC)c1O)C(N)=NCc1ccc(C)o1.CC(C)C. The summed E-state index contributed by atoms with van der Waals surface area (Å²) in [6.07, 6.45) is 1.73. The summed E-state index contributed by atoms with van der Waals surface area (Å²) in [7, 11) is 1.50. The first-order chi connectivity index (χ1) is 13.7. The molecular weight excluding hydrogens is 368 g/mol. The van der Waals surface area contributed by atoms with Crippen molar-refractivity contribution >= 4 is 17.4 Å². The highest BCUT2D eigenvalue weighted by atomic mass is 16.3. The van der Waals surface area contributed by atoms with Gasteiger partial charge in [0, 0.05) is 7.05 Å². The number of hydrogen-bond acceptors (Lipinski definition) is 5. The van der Waals surface area contributed by atoms with Gasteiger partial charge in [-0.15, -0.1) is 0 Å². The summed E-state index contributed by atoms with van der Waals surface area (Å²) >= 11 is 0. The number of hydrogen-bond donors (Lipinski definition) is 4. The topological polar surface area (TPSA) is 113 Å². The average molecular weight is 401 g/mol. The maximum absolute atomic E-state index is 11.8. The molecule has 0 radical (unpaired) electrons. The molecule has 0 aliphatic rings. The van der Waals surface area contributed by atoms with E-state index in [0.29, 0.717) is 23.7 Å². The van der Waals surface area contributed by atoms with Crippen LogP contribution in [0.3, 0.4) is 0 Å². The van der Waals surface area contributed by atoms with Gasteiger partial charge in [-0.05, 0) is 44.0 Å². The third-order valence-electron chi connectivity index (χ3n) is 3.54. The molecule has 0 aliphatic heterocycles. The quantitative estimate of drug-likeness (QED) is 0.330. The number of nitrogens with one attached hydrogen (secondary N) is 2. The van der Waals surface area contributed by atoms with E-state index in [2.05, 4.69) is 36.4 Å². The molecule has 7 heteroatoms. The van der Waals surface area contributed by atoms with Gasteiger partial charge >= 0.3 is 0 Å². The second kappa shape index (κ2) is 11.6. The summed E-state index contributed by atoms with van der Waals surface area (Å²) in [4.78, 5) is 16.1. The molecule has 1 aromatic carbocycles. The van der Waals surface area contributed by atoms with Crippen LogP contribution in [-0.2, 0) is 6.54 Å². The molecule has 158 valence electrons. The van der Waals surface area contributed by atoms with Crippen molar-refractivity contribution in [1.82, 2.24) is 5.32 Å². The molecule has 1 heterocycles. The molecule has 0 atom stereocenters. The predicted molar refractivity (Wildman–Crippen MR) is 118 cm³/mol. The van der Waals surface area contributed by atoms with Crippen molar-refractivity contribution in [2.24, 2.45) is 16.6 Å². The van der Waals surface area contributed by atoms with E-state index >= 15 is 0 Å². The minimum Gasteiger partial charge on any atom is -0.505 e. The Bertz CT molecular complexity index is 864. The van der Waals surface area contributed by atoms with Crippen molar-refractivity contribution in [1.29, 1.82) is 0 Å². The van der Waals surface area contributed by atoms with E-state index < -0.39 is 0 Å². The number of para-hydroxylation sites is 1. The summed E-state index contributed by atoms with van der Waals surface area (Å²) in [6.45, 7) is 10.5. The number of nitrogens with two attached hydrogens (primary N) is 1. The van der Waals surface area contributed by atoms with Crippen molar-refractivity contribution in [2.45, 2.75) is 41.2 Å². The van der Waals surface area contributed by atoms with Gasteiger partial charge in [0.05, 0.1) is 23.5 Å². The fraction of sp³-hybridized carbons (Fsp3) is 0.364. The number of amides is 1. The number of anilines is 1. The summed E-state index contributed by atoms with van der Waals surface area (Å²) in [5.74, 6) is 2.08. The average Bonchev–Trinajstić information content (AvgIpc) is 3.09. The van der Waals surface area contributed by atoms with Crippen molar-refractivity contribution in [2.75, 3.05) is 12.4 Å². The first-order valence-electron chi connectivity index (χ1n) is 9.52. The monoisotopic (exact) mass is 400 g/mol. The van der Waals surface area contributed by atoms with Crippen molar-refractivity contribution in [3.63, 3.8) is 0 Å². The van der Waals surface area contributed by atoms with E-state index in [1.165, 1.54) is 13.1 Å². The molecule has 0 saturated carbocycles. The van der Waals surface area contributed by atoms with E-state index in [1.807, 2.05) is 19.1 Å². The van der Waals surface area contributed by atoms with Gasteiger partial charge in [-0.2, -0.15) is 0 Å². The van der Waals surface area contributed by atoms with Crippen LogP contribution in [0.15, 0.2) is 51.5 Å². The summed E-state index contributed by atoms with van der Waals surface area (Å²) in [5.41, 5.74) is 7.08. The Hall–Kier alpha value is -3.22. The number of aromatic hydroxyl groups is 1. The van der Waals surface area contributed by atoms with Gasteiger partial charge < -0.3 is 25.9 Å². The number of aliphatic imine (C=N–C) groups is 1. The molecule has 0 unspecified atom stereocenters. The zero-order valence-electron chi connectivity index (χ0n) is 18.0. The van der Waals surface area contributed by atoms with E-state index in [4.69, 9.17) is 10.2 Å². The number of amidine groups is 1. The fourth-order valence-corrected chi connectivity index (χ4v) is 2.21. The predicted octanol–water partition coefficient (Wildman–Crippen LogP) is 4.19. The van der Waals surface area contributed by atoms with Crippen molar-refractivity contribution in [3.8, 4) is 5.75 Å². The second-order valence-electron chi connectivity index (χ2n) is 7.05. The third-order valence-corrected chi connectivity index (χ3v) is 3.54. The molecule has 29 heavy (non-hydrogen) atoms. The van der Waals surface area contributed by atoms with Gasteiger partial charge in [0.25, 0.3) is 5.91 Å². The number of nitrogens with zero attached hydrogens (tertiary/aromatic N) is 1. The number of carbonyl (C=O) groups is 1. The molecule has 0 aliphatic carbocycles. The van der Waals surface area contributed by atoms with Crippen LogP contribution in [0.1, 0.15) is 49.6 Å². The molecule has 0 fully saturated rings. The number of rotatable bonds is 6. The van der Waals surface area contributed by atoms with Gasteiger partial charge in [0.1, 0.15) is 17.4 Å². The maximum atomic E-state index is 11.8. The second-order valence-corrected chi connectivity index (χ2v) is 7.05. The van der Waals surface area contributed by atoms with Crippen LogP contribution in [0, 0.1) is 12.8 Å². The lowest BCUT2D eigenvalue weighted by Gasteiger charge is -2.13. The standard InChI is InChI=1S/C18H22N4O3.C4H10/c1-4-14(17(19)21-10-12-9-8-11(2)25-12)22-15-7-5-6-13(16(15)23)18(24)20-3;1-4(2)3/h4-9,22-23H,10H2,1-3H3,(H2,19,21)(H,20,24);4H,1-3H3/b14-4+;. The summed E-state index contributed by atoms with van der Waals surface area (Å²) < 4.78 is 5.45. The number of carbonyl (C=O) groups excluding carboxylic acids is 1. The highest BCUT2D eigenvalue weighted by molar-refractivity contribution is 6.02. The van der Waals surface area contributed by atoms with Gasteiger partial charge in [-0.1, -0.05) is 32.9 Å². The lowest BCUT2D eigenvalue weighted by atomic mass is 10.1. The van der Waals surface area contributed by atoms with Crippen molar-refractivity contribution < 1.29 is 14.3 Å². The first kappa shape index (κ1) is 23.8. The van der Waals surface area contributed by atoms with Crippen LogP contribution in [0.5, 0.6) is 5.75 Å². The van der Waals surface area contributed by atoms with Crippen LogP contribution in [0.2, 0.25) is 0 Å². The number of phenolic OH excluding ortho intramolecular Hbond substituents is 1. The Labute approximate surface area is 172 Å². The third kappa shape index (κ3) is 7.73. The van der Waals surface area contributed by atoms with Crippen LogP contribution < -0.4 is 16.4 Å². The number of phenols is 1. The Morgan fingerprint density at radius 1 is 1.28 bits per heavy atom.